The van der Waals surface area contributed by atoms with Crippen LogP contribution in [-0.2, 0) is 24.4 Å². The summed E-state index contributed by atoms with van der Waals surface area (Å²) in [6.07, 6.45) is 4.17. The fourth-order valence-corrected chi connectivity index (χ4v) is 3.92. The SMILES string of the molecule is O=C(O)CCc1cn(Cc2ccc(OCc3ccc4ccccc4n3)nc2)nc1-c1ccccc1. The van der Waals surface area contributed by atoms with E-state index in [0.29, 0.717) is 25.5 Å². The second-order valence-corrected chi connectivity index (χ2v) is 8.25. The number of aryl methyl sites for hydroxylation is 1. The Kier molecular flexibility index (Phi) is 6.48. The van der Waals surface area contributed by atoms with Gasteiger partial charge in [0.1, 0.15) is 6.61 Å². The summed E-state index contributed by atoms with van der Waals surface area (Å²) in [5.74, 6) is -0.299. The number of aromatic nitrogens is 4. The van der Waals surface area contributed by atoms with Crippen molar-refractivity contribution in [1.29, 1.82) is 0 Å². The Morgan fingerprint density at radius 3 is 2.57 bits per heavy atom. The maximum Gasteiger partial charge on any atom is 0.303 e. The third kappa shape index (κ3) is 5.52. The molecule has 3 aromatic heterocycles. The van der Waals surface area contributed by atoms with Gasteiger partial charge in [0.25, 0.3) is 0 Å². The molecule has 3 heterocycles. The molecule has 0 aliphatic carbocycles. The Bertz CT molecular complexity index is 1450. The van der Waals surface area contributed by atoms with Crippen molar-refractivity contribution in [2.24, 2.45) is 0 Å². The van der Waals surface area contributed by atoms with Crippen LogP contribution in [0, 0.1) is 0 Å². The predicted octanol–water partition coefficient (Wildman–Crippen LogP) is 5.14. The maximum absolute atomic E-state index is 11.1. The highest BCUT2D eigenvalue weighted by Gasteiger charge is 2.13. The van der Waals surface area contributed by atoms with Gasteiger partial charge in [-0.15, -0.1) is 0 Å². The highest BCUT2D eigenvalue weighted by atomic mass is 16.5. The summed E-state index contributed by atoms with van der Waals surface area (Å²) in [6.45, 7) is 0.857. The number of aliphatic carboxylic acids is 1. The largest absolute Gasteiger partial charge is 0.481 e. The lowest BCUT2D eigenvalue weighted by molar-refractivity contribution is -0.136. The number of para-hydroxylation sites is 1. The van der Waals surface area contributed by atoms with Crippen molar-refractivity contribution in [2.75, 3.05) is 0 Å². The number of benzene rings is 2. The molecule has 0 aliphatic rings. The number of ether oxygens (including phenoxy) is 1. The van der Waals surface area contributed by atoms with Gasteiger partial charge in [-0.05, 0) is 29.7 Å². The standard InChI is InChI=1S/C28H24N4O3/c33-27(34)15-12-23-18-32(31-28(23)22-7-2-1-3-8-22)17-20-10-14-26(29-16-20)35-19-24-13-11-21-6-4-5-9-25(21)30-24/h1-11,13-14,16,18H,12,15,17,19H2,(H,33,34). The van der Waals surface area contributed by atoms with E-state index in [1.54, 1.807) is 6.20 Å². The summed E-state index contributed by atoms with van der Waals surface area (Å²) in [5, 5.41) is 14.9. The molecule has 0 fully saturated rings. The number of hydrogen-bond acceptors (Lipinski definition) is 5. The molecule has 35 heavy (non-hydrogen) atoms. The van der Waals surface area contributed by atoms with E-state index in [1.807, 2.05) is 89.7 Å². The third-order valence-electron chi connectivity index (χ3n) is 5.66. The van der Waals surface area contributed by atoms with Crippen molar-refractivity contribution >= 4 is 16.9 Å². The van der Waals surface area contributed by atoms with E-state index in [2.05, 4.69) is 9.97 Å². The Hall–Kier alpha value is -4.52. The second kappa shape index (κ2) is 10.2. The molecular weight excluding hydrogens is 440 g/mol. The molecule has 5 rings (SSSR count). The monoisotopic (exact) mass is 464 g/mol. The number of nitrogens with zero attached hydrogens (tertiary/aromatic N) is 4. The van der Waals surface area contributed by atoms with Crippen LogP contribution in [-0.4, -0.2) is 30.8 Å². The number of carboxylic acids is 1. The Labute approximate surface area is 202 Å². The summed E-state index contributed by atoms with van der Waals surface area (Å²) < 4.78 is 7.66. The Morgan fingerprint density at radius 2 is 1.77 bits per heavy atom. The predicted molar refractivity (Wildman–Crippen MR) is 133 cm³/mol. The van der Waals surface area contributed by atoms with Gasteiger partial charge in [-0.25, -0.2) is 9.97 Å². The molecule has 0 atom stereocenters. The molecule has 0 unspecified atom stereocenters. The number of fused-ring (bicyclic) bond motifs is 1. The molecule has 0 amide bonds. The number of carbonyl (C=O) groups is 1. The van der Waals surface area contributed by atoms with E-state index in [4.69, 9.17) is 14.9 Å². The number of carboxylic acid groups (broad SMARTS) is 1. The fourth-order valence-electron chi connectivity index (χ4n) is 3.92. The first-order valence-electron chi connectivity index (χ1n) is 11.4. The average molecular weight is 465 g/mol. The van der Waals surface area contributed by atoms with E-state index < -0.39 is 5.97 Å². The molecule has 7 nitrogen and oxygen atoms in total. The van der Waals surface area contributed by atoms with E-state index in [0.717, 1.165) is 39.0 Å². The first-order valence-corrected chi connectivity index (χ1v) is 11.4. The lowest BCUT2D eigenvalue weighted by Gasteiger charge is -2.07. The lowest BCUT2D eigenvalue weighted by atomic mass is 10.0. The quantitative estimate of drug-likeness (QED) is 0.325. The van der Waals surface area contributed by atoms with Crippen LogP contribution in [0.1, 0.15) is 23.2 Å². The van der Waals surface area contributed by atoms with Crippen molar-refractivity contribution in [1.82, 2.24) is 19.7 Å². The van der Waals surface area contributed by atoms with E-state index in [1.165, 1.54) is 0 Å². The number of pyridine rings is 2. The van der Waals surface area contributed by atoms with E-state index in [9.17, 15) is 4.79 Å². The molecule has 2 aromatic carbocycles. The zero-order valence-electron chi connectivity index (χ0n) is 19.0. The molecule has 0 aliphatic heterocycles. The minimum Gasteiger partial charge on any atom is -0.481 e. The van der Waals surface area contributed by atoms with Crippen molar-refractivity contribution in [3.8, 4) is 17.1 Å². The summed E-state index contributed by atoms with van der Waals surface area (Å²) in [4.78, 5) is 20.2. The van der Waals surface area contributed by atoms with Crippen LogP contribution in [0.4, 0.5) is 0 Å². The van der Waals surface area contributed by atoms with Gasteiger partial charge < -0.3 is 9.84 Å². The summed E-state index contributed by atoms with van der Waals surface area (Å²) >= 11 is 0. The molecule has 0 radical (unpaired) electrons. The molecule has 174 valence electrons. The second-order valence-electron chi connectivity index (χ2n) is 8.25. The summed E-state index contributed by atoms with van der Waals surface area (Å²) in [5.41, 5.74) is 5.43. The minimum atomic E-state index is -0.824. The molecule has 0 saturated carbocycles. The summed E-state index contributed by atoms with van der Waals surface area (Å²) in [6, 6.07) is 25.6. The van der Waals surface area contributed by atoms with Crippen molar-refractivity contribution in [3.05, 3.63) is 108 Å². The van der Waals surface area contributed by atoms with Crippen LogP contribution in [0.25, 0.3) is 22.2 Å². The zero-order chi connectivity index (χ0) is 24.0. The van der Waals surface area contributed by atoms with Crippen LogP contribution in [0.2, 0.25) is 0 Å². The molecule has 5 aromatic rings. The molecule has 7 heteroatoms. The highest BCUT2D eigenvalue weighted by Crippen LogP contribution is 2.24. The lowest BCUT2D eigenvalue weighted by Crippen LogP contribution is -2.03. The minimum absolute atomic E-state index is 0.0607. The van der Waals surface area contributed by atoms with Crippen LogP contribution in [0.5, 0.6) is 5.88 Å². The van der Waals surface area contributed by atoms with Gasteiger partial charge in [0.2, 0.25) is 5.88 Å². The van der Waals surface area contributed by atoms with E-state index >= 15 is 0 Å². The number of hydrogen-bond donors (Lipinski definition) is 1. The van der Waals surface area contributed by atoms with Gasteiger partial charge in [-0.2, -0.15) is 5.10 Å². The van der Waals surface area contributed by atoms with Crippen molar-refractivity contribution < 1.29 is 14.6 Å². The van der Waals surface area contributed by atoms with Gasteiger partial charge in [0.05, 0.1) is 23.4 Å². The fraction of sp³-hybridized carbons (Fsp3) is 0.143. The van der Waals surface area contributed by atoms with Crippen molar-refractivity contribution in [2.45, 2.75) is 26.0 Å². The maximum atomic E-state index is 11.1. The number of rotatable bonds is 9. The van der Waals surface area contributed by atoms with Crippen LogP contribution in [0.3, 0.4) is 0 Å². The highest BCUT2D eigenvalue weighted by molar-refractivity contribution is 5.78. The topological polar surface area (TPSA) is 90.1 Å². The normalized spacial score (nSPS) is 11.0. The van der Waals surface area contributed by atoms with Gasteiger partial charge in [0, 0.05) is 35.8 Å². The smallest absolute Gasteiger partial charge is 0.303 e. The molecular formula is C28H24N4O3. The molecule has 0 bridgehead atoms. The first-order chi connectivity index (χ1) is 17.1. The average Bonchev–Trinajstić information content (AvgIpc) is 3.30. The Balaban J connectivity index is 1.26. The first kappa shape index (κ1) is 22.3. The zero-order valence-corrected chi connectivity index (χ0v) is 19.0. The molecule has 0 spiro atoms. The van der Waals surface area contributed by atoms with Crippen LogP contribution in [0.15, 0.2) is 91.3 Å². The Morgan fingerprint density at radius 1 is 0.943 bits per heavy atom. The van der Waals surface area contributed by atoms with Crippen LogP contribution < -0.4 is 4.74 Å². The van der Waals surface area contributed by atoms with Gasteiger partial charge >= 0.3 is 5.97 Å². The van der Waals surface area contributed by atoms with Crippen molar-refractivity contribution in [3.63, 3.8) is 0 Å². The van der Waals surface area contributed by atoms with Gasteiger partial charge in [-0.1, -0.05) is 60.7 Å². The third-order valence-corrected chi connectivity index (χ3v) is 5.66. The van der Waals surface area contributed by atoms with E-state index in [-0.39, 0.29) is 6.42 Å². The molecule has 1 N–H and O–H groups in total. The van der Waals surface area contributed by atoms with Gasteiger partial charge in [-0.3, -0.25) is 9.48 Å². The summed E-state index contributed by atoms with van der Waals surface area (Å²) in [7, 11) is 0. The van der Waals surface area contributed by atoms with Gasteiger partial charge in [0.15, 0.2) is 0 Å². The molecule has 0 saturated heterocycles. The van der Waals surface area contributed by atoms with Crippen LogP contribution >= 0.6 is 0 Å².